The fourth-order valence-electron chi connectivity index (χ4n) is 3.52. The van der Waals surface area contributed by atoms with E-state index in [1.165, 1.54) is 22.3 Å². The number of fused-ring (bicyclic) bond motifs is 3. The van der Waals surface area contributed by atoms with Gasteiger partial charge in [-0.3, -0.25) is 9.59 Å². The fraction of sp³-hybridized carbons (Fsp3) is 0.318. The lowest BCUT2D eigenvalue weighted by Gasteiger charge is -2.14. The van der Waals surface area contributed by atoms with Crippen molar-refractivity contribution in [1.82, 2.24) is 10.6 Å². The van der Waals surface area contributed by atoms with Crippen molar-refractivity contribution >= 4 is 17.9 Å². The van der Waals surface area contributed by atoms with E-state index in [4.69, 9.17) is 10.5 Å². The predicted molar refractivity (Wildman–Crippen MR) is 109 cm³/mol. The van der Waals surface area contributed by atoms with Crippen molar-refractivity contribution in [2.75, 3.05) is 19.7 Å². The van der Waals surface area contributed by atoms with Gasteiger partial charge in [0.2, 0.25) is 11.8 Å². The predicted octanol–water partition coefficient (Wildman–Crippen LogP) is 2.30. The van der Waals surface area contributed by atoms with Crippen molar-refractivity contribution in [2.45, 2.75) is 25.2 Å². The van der Waals surface area contributed by atoms with E-state index in [2.05, 4.69) is 34.9 Å². The summed E-state index contributed by atoms with van der Waals surface area (Å²) in [6.07, 6.45) is 1.03. The van der Waals surface area contributed by atoms with Crippen molar-refractivity contribution in [3.63, 3.8) is 0 Å². The SMILES string of the molecule is NC(=O)CNC(=O)CCCCNC(=O)OCC1c2ccccc2-c2ccccc21. The highest BCUT2D eigenvalue weighted by Gasteiger charge is 2.28. The zero-order valence-electron chi connectivity index (χ0n) is 16.1. The summed E-state index contributed by atoms with van der Waals surface area (Å²) in [5, 5.41) is 5.14. The maximum Gasteiger partial charge on any atom is 0.407 e. The Bertz CT molecular complexity index is 852. The van der Waals surface area contributed by atoms with Crippen LogP contribution in [0.25, 0.3) is 11.1 Å². The van der Waals surface area contributed by atoms with Crippen molar-refractivity contribution in [1.29, 1.82) is 0 Å². The molecule has 0 atom stereocenters. The van der Waals surface area contributed by atoms with Crippen molar-refractivity contribution < 1.29 is 19.1 Å². The standard InChI is InChI=1S/C22H25N3O4/c23-20(26)13-25-21(27)11-5-6-12-24-22(28)29-14-19-17-9-3-1-7-15(17)16-8-2-4-10-18(16)19/h1-4,7-10,19H,5-6,11-14H2,(H2,23,26)(H,24,28)(H,25,27). The van der Waals surface area contributed by atoms with Crippen molar-refractivity contribution in [3.8, 4) is 11.1 Å². The highest BCUT2D eigenvalue weighted by Crippen LogP contribution is 2.44. The molecule has 2 aromatic carbocycles. The number of carbonyl (C=O) groups excluding carboxylic acids is 3. The minimum atomic E-state index is -0.574. The number of hydrogen-bond donors (Lipinski definition) is 3. The van der Waals surface area contributed by atoms with Gasteiger partial charge in [0.1, 0.15) is 6.61 Å². The molecule has 0 saturated carbocycles. The topological polar surface area (TPSA) is 111 Å². The average Bonchev–Trinajstić information content (AvgIpc) is 3.04. The number of benzene rings is 2. The molecule has 7 nitrogen and oxygen atoms in total. The number of alkyl carbamates (subject to hydrolysis) is 1. The van der Waals surface area contributed by atoms with E-state index in [1.54, 1.807) is 0 Å². The summed E-state index contributed by atoms with van der Waals surface area (Å²) in [7, 11) is 0. The third kappa shape index (κ3) is 5.34. The molecule has 1 aliphatic carbocycles. The van der Waals surface area contributed by atoms with Gasteiger partial charge in [0.25, 0.3) is 0 Å². The summed E-state index contributed by atoms with van der Waals surface area (Å²) in [4.78, 5) is 34.1. The summed E-state index contributed by atoms with van der Waals surface area (Å²) in [6, 6.07) is 16.4. The maximum absolute atomic E-state index is 12.0. The molecule has 0 bridgehead atoms. The molecule has 29 heavy (non-hydrogen) atoms. The number of rotatable bonds is 9. The second kappa shape index (κ2) is 9.73. The molecule has 3 rings (SSSR count). The van der Waals surface area contributed by atoms with Crippen molar-refractivity contribution in [3.05, 3.63) is 59.7 Å². The smallest absolute Gasteiger partial charge is 0.407 e. The molecule has 0 unspecified atom stereocenters. The van der Waals surface area contributed by atoms with Crippen LogP contribution in [0, 0.1) is 0 Å². The maximum atomic E-state index is 12.0. The van der Waals surface area contributed by atoms with Gasteiger partial charge in [0.15, 0.2) is 0 Å². The van der Waals surface area contributed by atoms with Gasteiger partial charge >= 0.3 is 6.09 Å². The van der Waals surface area contributed by atoms with E-state index in [-0.39, 0.29) is 31.4 Å². The first-order chi connectivity index (χ1) is 14.1. The minimum Gasteiger partial charge on any atom is -0.449 e. The first-order valence-electron chi connectivity index (χ1n) is 9.70. The molecule has 4 N–H and O–H groups in total. The molecule has 0 saturated heterocycles. The van der Waals surface area contributed by atoms with Gasteiger partial charge in [-0.15, -0.1) is 0 Å². The number of nitrogens with one attached hydrogen (secondary N) is 2. The lowest BCUT2D eigenvalue weighted by Crippen LogP contribution is -2.33. The number of hydrogen-bond acceptors (Lipinski definition) is 4. The van der Waals surface area contributed by atoms with Gasteiger partial charge in [-0.25, -0.2) is 4.79 Å². The molecule has 2 aromatic rings. The molecule has 152 valence electrons. The van der Waals surface area contributed by atoms with E-state index >= 15 is 0 Å². The Hall–Kier alpha value is -3.35. The molecule has 0 radical (unpaired) electrons. The lowest BCUT2D eigenvalue weighted by molar-refractivity contribution is -0.124. The number of ether oxygens (including phenoxy) is 1. The van der Waals surface area contributed by atoms with Crippen LogP contribution in [0.2, 0.25) is 0 Å². The van der Waals surface area contributed by atoms with Gasteiger partial charge in [-0.05, 0) is 35.1 Å². The minimum absolute atomic E-state index is 0.0297. The number of amides is 3. The van der Waals surface area contributed by atoms with Gasteiger partial charge < -0.3 is 21.1 Å². The zero-order chi connectivity index (χ0) is 20.6. The number of carbonyl (C=O) groups is 3. The molecule has 0 heterocycles. The Labute approximate surface area is 169 Å². The van der Waals surface area contributed by atoms with Crippen LogP contribution in [0.5, 0.6) is 0 Å². The zero-order valence-corrected chi connectivity index (χ0v) is 16.1. The number of unbranched alkanes of at least 4 members (excludes halogenated alkanes) is 1. The average molecular weight is 395 g/mol. The number of nitrogens with two attached hydrogens (primary N) is 1. The first kappa shape index (κ1) is 20.4. The summed E-state index contributed by atoms with van der Waals surface area (Å²) in [5.41, 5.74) is 9.68. The Morgan fingerprint density at radius 1 is 0.897 bits per heavy atom. The highest BCUT2D eigenvalue weighted by molar-refractivity contribution is 5.83. The highest BCUT2D eigenvalue weighted by atomic mass is 16.5. The molecule has 0 fully saturated rings. The quantitative estimate of drug-likeness (QED) is 0.566. The van der Waals surface area contributed by atoms with Gasteiger partial charge in [0, 0.05) is 18.9 Å². The van der Waals surface area contributed by atoms with Crippen LogP contribution in [-0.2, 0) is 14.3 Å². The van der Waals surface area contributed by atoms with Crippen LogP contribution in [0.1, 0.15) is 36.3 Å². The molecule has 0 aliphatic heterocycles. The normalized spacial score (nSPS) is 12.0. The number of primary amides is 1. The van der Waals surface area contributed by atoms with Crippen LogP contribution in [0.3, 0.4) is 0 Å². The summed E-state index contributed by atoms with van der Waals surface area (Å²) in [5.74, 6) is -0.776. The molecular formula is C22H25N3O4. The lowest BCUT2D eigenvalue weighted by atomic mass is 9.98. The Morgan fingerprint density at radius 3 is 2.14 bits per heavy atom. The monoisotopic (exact) mass is 395 g/mol. The molecule has 7 heteroatoms. The van der Waals surface area contributed by atoms with E-state index < -0.39 is 12.0 Å². The van der Waals surface area contributed by atoms with Gasteiger partial charge in [-0.1, -0.05) is 48.5 Å². The van der Waals surface area contributed by atoms with Gasteiger partial charge in [0.05, 0.1) is 6.54 Å². The Kier molecular flexibility index (Phi) is 6.84. The van der Waals surface area contributed by atoms with E-state index in [1.807, 2.05) is 24.3 Å². The second-order valence-corrected chi connectivity index (χ2v) is 6.95. The summed E-state index contributed by atoms with van der Waals surface area (Å²) >= 11 is 0. The third-order valence-corrected chi connectivity index (χ3v) is 4.90. The first-order valence-corrected chi connectivity index (χ1v) is 9.70. The van der Waals surface area contributed by atoms with E-state index in [0.29, 0.717) is 19.4 Å². The summed E-state index contributed by atoms with van der Waals surface area (Å²) < 4.78 is 5.45. The van der Waals surface area contributed by atoms with Crippen LogP contribution < -0.4 is 16.4 Å². The largest absolute Gasteiger partial charge is 0.449 e. The van der Waals surface area contributed by atoms with Crippen LogP contribution in [-0.4, -0.2) is 37.6 Å². The molecule has 0 aromatic heterocycles. The van der Waals surface area contributed by atoms with Crippen molar-refractivity contribution in [2.24, 2.45) is 5.73 Å². The molecule has 1 aliphatic rings. The van der Waals surface area contributed by atoms with Gasteiger partial charge in [-0.2, -0.15) is 0 Å². The molecule has 0 spiro atoms. The third-order valence-electron chi connectivity index (χ3n) is 4.90. The molecule has 3 amide bonds. The second-order valence-electron chi connectivity index (χ2n) is 6.95. The van der Waals surface area contributed by atoms with E-state index in [0.717, 1.165) is 0 Å². The Balaban J connectivity index is 1.40. The van der Waals surface area contributed by atoms with Crippen LogP contribution in [0.4, 0.5) is 4.79 Å². The molecular weight excluding hydrogens is 370 g/mol. The van der Waals surface area contributed by atoms with Crippen LogP contribution in [0.15, 0.2) is 48.5 Å². The van der Waals surface area contributed by atoms with E-state index in [9.17, 15) is 14.4 Å². The summed E-state index contributed by atoms with van der Waals surface area (Å²) in [6.45, 7) is 0.534. The fourth-order valence-corrected chi connectivity index (χ4v) is 3.52. The Morgan fingerprint density at radius 2 is 1.52 bits per heavy atom. The van der Waals surface area contributed by atoms with Crippen LogP contribution >= 0.6 is 0 Å².